The molecular weight excluding hydrogens is 534 g/mol. The van der Waals surface area contributed by atoms with Crippen molar-refractivity contribution in [3.05, 3.63) is 75.8 Å². The van der Waals surface area contributed by atoms with E-state index < -0.39 is 0 Å². The Morgan fingerprint density at radius 2 is 2.13 bits per heavy atom. The van der Waals surface area contributed by atoms with Gasteiger partial charge in [0.25, 0.3) is 0 Å². The van der Waals surface area contributed by atoms with Crippen LogP contribution in [0.5, 0.6) is 5.88 Å². The highest BCUT2D eigenvalue weighted by Gasteiger charge is 2.24. The largest absolute Gasteiger partial charge is 0.472 e. The van der Waals surface area contributed by atoms with Crippen LogP contribution < -0.4 is 10.0 Å². The lowest BCUT2D eigenvalue weighted by Crippen LogP contribution is -2.33. The van der Waals surface area contributed by atoms with E-state index in [1.54, 1.807) is 6.07 Å². The van der Waals surface area contributed by atoms with Crippen molar-refractivity contribution in [2.45, 2.75) is 45.6 Å². The molecule has 5 heterocycles. The Morgan fingerprint density at radius 1 is 1.26 bits per heavy atom. The summed E-state index contributed by atoms with van der Waals surface area (Å²) < 4.78 is 28.1. The predicted octanol–water partition coefficient (Wildman–Crippen LogP) is 4.91. The fourth-order valence-corrected chi connectivity index (χ4v) is 6.05. The summed E-state index contributed by atoms with van der Waals surface area (Å²) in [5.41, 5.74) is 4.45. The van der Waals surface area contributed by atoms with Crippen LogP contribution in [-0.2, 0) is 24.4 Å². The Labute approximate surface area is 232 Å². The van der Waals surface area contributed by atoms with E-state index in [0.29, 0.717) is 16.3 Å². The summed E-state index contributed by atoms with van der Waals surface area (Å²) in [6.07, 6.45) is 5.21. The summed E-state index contributed by atoms with van der Waals surface area (Å²) in [6, 6.07) is 11.1. The second kappa shape index (κ2) is 11.3. The van der Waals surface area contributed by atoms with Gasteiger partial charge in [0, 0.05) is 30.6 Å². The SMILES string of the molecule is Cc1ccc(COc2nc(C3=CCN(Cc4nc5sc(C=O)cc5n4CC4CCO4)CC3)ccc2P)c(F)c1. The maximum Gasteiger partial charge on any atom is 0.221 e. The summed E-state index contributed by atoms with van der Waals surface area (Å²) >= 11 is 1.44. The number of ether oxygens (including phenoxy) is 2. The van der Waals surface area contributed by atoms with Gasteiger partial charge >= 0.3 is 0 Å². The molecule has 0 saturated carbocycles. The van der Waals surface area contributed by atoms with Crippen LogP contribution in [0.2, 0.25) is 0 Å². The van der Waals surface area contributed by atoms with E-state index in [-0.39, 0.29) is 18.5 Å². The molecule has 0 bridgehead atoms. The topological polar surface area (TPSA) is 69.5 Å². The van der Waals surface area contributed by atoms with Gasteiger partial charge in [-0.2, -0.15) is 0 Å². The maximum absolute atomic E-state index is 14.3. The molecule has 1 aromatic carbocycles. The van der Waals surface area contributed by atoms with E-state index in [4.69, 9.17) is 19.4 Å². The molecule has 202 valence electrons. The number of aldehydes is 1. The molecule has 7 nitrogen and oxygen atoms in total. The number of imidazole rings is 1. The monoisotopic (exact) mass is 564 g/mol. The number of hydrogen-bond acceptors (Lipinski definition) is 7. The minimum Gasteiger partial charge on any atom is -0.472 e. The number of thiophene rings is 1. The van der Waals surface area contributed by atoms with Crippen molar-refractivity contribution in [1.82, 2.24) is 19.4 Å². The van der Waals surface area contributed by atoms with Gasteiger partial charge in [0.15, 0.2) is 6.29 Å². The Kier molecular flexibility index (Phi) is 7.58. The smallest absolute Gasteiger partial charge is 0.221 e. The van der Waals surface area contributed by atoms with E-state index in [1.165, 1.54) is 23.0 Å². The first kappa shape index (κ1) is 26.3. The molecule has 4 aromatic rings. The second-order valence-corrected chi connectivity index (χ2v) is 11.8. The maximum atomic E-state index is 14.3. The van der Waals surface area contributed by atoms with Crippen LogP contribution in [0.15, 0.2) is 42.5 Å². The number of fused-ring (bicyclic) bond motifs is 1. The molecule has 1 saturated heterocycles. The molecule has 0 amide bonds. The first-order valence-electron chi connectivity index (χ1n) is 13.1. The highest BCUT2D eigenvalue weighted by Crippen LogP contribution is 2.29. The molecule has 0 spiro atoms. The average molecular weight is 565 g/mol. The van der Waals surface area contributed by atoms with Gasteiger partial charge in [-0.05, 0) is 55.2 Å². The van der Waals surface area contributed by atoms with Crippen LogP contribution in [0.4, 0.5) is 4.39 Å². The Hall–Kier alpha value is -2.97. The van der Waals surface area contributed by atoms with Gasteiger partial charge in [-0.3, -0.25) is 9.69 Å². The second-order valence-electron chi connectivity index (χ2n) is 10.1. The first-order valence-corrected chi connectivity index (χ1v) is 14.5. The van der Waals surface area contributed by atoms with E-state index in [9.17, 15) is 9.18 Å². The van der Waals surface area contributed by atoms with Crippen LogP contribution in [-0.4, -0.2) is 51.5 Å². The third-order valence-electron chi connectivity index (χ3n) is 7.29. The summed E-state index contributed by atoms with van der Waals surface area (Å²) in [5.74, 6) is 1.23. The lowest BCUT2D eigenvalue weighted by Gasteiger charge is -2.29. The van der Waals surface area contributed by atoms with Crippen LogP contribution >= 0.6 is 20.6 Å². The number of aromatic nitrogens is 3. The van der Waals surface area contributed by atoms with Crippen molar-refractivity contribution in [2.24, 2.45) is 0 Å². The number of nitrogens with zero attached hydrogens (tertiary/aromatic N) is 4. The van der Waals surface area contributed by atoms with Crippen molar-refractivity contribution in [3.63, 3.8) is 0 Å². The molecule has 2 aliphatic heterocycles. The fourth-order valence-electron chi connectivity index (χ4n) is 4.94. The van der Waals surface area contributed by atoms with Crippen molar-refractivity contribution in [1.29, 1.82) is 0 Å². The number of carbonyl (C=O) groups is 1. The van der Waals surface area contributed by atoms with E-state index in [0.717, 1.165) is 84.6 Å². The predicted molar refractivity (Wildman–Crippen MR) is 154 cm³/mol. The van der Waals surface area contributed by atoms with Gasteiger partial charge in [0.05, 0.1) is 35.3 Å². The van der Waals surface area contributed by atoms with Crippen molar-refractivity contribution in [3.8, 4) is 5.88 Å². The van der Waals surface area contributed by atoms with Gasteiger partial charge in [-0.25, -0.2) is 14.4 Å². The molecule has 2 atom stereocenters. The minimum absolute atomic E-state index is 0.126. The number of halogens is 1. The zero-order chi connectivity index (χ0) is 26.9. The number of hydrogen-bond donors (Lipinski definition) is 0. The fraction of sp³-hybridized carbons (Fsp3) is 0.345. The normalized spacial score (nSPS) is 17.7. The van der Waals surface area contributed by atoms with Gasteiger partial charge < -0.3 is 14.0 Å². The quantitative estimate of drug-likeness (QED) is 0.213. The molecule has 3 aromatic heterocycles. The summed E-state index contributed by atoms with van der Waals surface area (Å²) in [5, 5.41) is 0.837. The Morgan fingerprint density at radius 3 is 2.85 bits per heavy atom. The summed E-state index contributed by atoms with van der Waals surface area (Å²) in [7, 11) is 2.65. The average Bonchev–Trinajstić information content (AvgIpc) is 3.44. The third-order valence-corrected chi connectivity index (χ3v) is 8.67. The zero-order valence-corrected chi connectivity index (χ0v) is 23.7. The lowest BCUT2D eigenvalue weighted by atomic mass is 10.0. The van der Waals surface area contributed by atoms with Crippen LogP contribution in [0.25, 0.3) is 15.9 Å². The van der Waals surface area contributed by atoms with Crippen LogP contribution in [0, 0.1) is 12.7 Å². The number of aryl methyl sites for hydroxylation is 1. The molecular formula is C29H30FN4O3PS. The number of benzene rings is 1. The highest BCUT2D eigenvalue weighted by molar-refractivity contribution is 7.27. The number of pyridine rings is 1. The molecule has 2 aliphatic rings. The van der Waals surface area contributed by atoms with Crippen LogP contribution in [0.1, 0.15) is 45.2 Å². The van der Waals surface area contributed by atoms with Crippen molar-refractivity contribution >= 4 is 48.1 Å². The summed E-state index contributed by atoms with van der Waals surface area (Å²) in [4.78, 5) is 24.9. The molecule has 2 unspecified atom stereocenters. The third kappa shape index (κ3) is 5.68. The zero-order valence-electron chi connectivity index (χ0n) is 21.7. The first-order chi connectivity index (χ1) is 19.0. The molecule has 1 fully saturated rings. The van der Waals surface area contributed by atoms with Crippen molar-refractivity contribution in [2.75, 3.05) is 19.7 Å². The molecule has 6 rings (SSSR count). The van der Waals surface area contributed by atoms with Gasteiger partial charge in [-0.1, -0.05) is 27.4 Å². The standard InChI is InChI=1S/C29H30FN4O3PS/c1-18-2-3-20(23(30)12-18)17-37-28-26(38)5-4-24(31-28)19-6-9-33(10-7-19)15-27-32-29-25(13-22(16-35)39-29)34(27)14-21-8-11-36-21/h2-6,12-13,16,21H,7-11,14-15,17,38H2,1H3. The van der Waals surface area contributed by atoms with Crippen molar-refractivity contribution < 1.29 is 18.7 Å². The van der Waals surface area contributed by atoms with E-state index >= 15 is 0 Å². The Balaban J connectivity index is 1.14. The molecule has 0 radical (unpaired) electrons. The van der Waals surface area contributed by atoms with E-state index in [2.05, 4.69) is 24.8 Å². The number of rotatable bonds is 9. The lowest BCUT2D eigenvalue weighted by molar-refractivity contribution is -0.0591. The minimum atomic E-state index is -0.267. The summed E-state index contributed by atoms with van der Waals surface area (Å²) in [6.45, 7) is 5.94. The van der Waals surface area contributed by atoms with Gasteiger partial charge in [0.2, 0.25) is 5.88 Å². The molecule has 0 aliphatic carbocycles. The highest BCUT2D eigenvalue weighted by atomic mass is 32.1. The van der Waals surface area contributed by atoms with Gasteiger partial charge in [-0.15, -0.1) is 11.3 Å². The molecule has 39 heavy (non-hydrogen) atoms. The molecule has 0 N–H and O–H groups in total. The van der Waals surface area contributed by atoms with E-state index in [1.807, 2.05) is 31.2 Å². The molecule has 10 heteroatoms. The number of carbonyl (C=O) groups excluding carboxylic acids is 1. The van der Waals surface area contributed by atoms with Gasteiger partial charge in [0.1, 0.15) is 23.1 Å². The van der Waals surface area contributed by atoms with Crippen LogP contribution in [0.3, 0.4) is 0 Å². The Bertz CT molecular complexity index is 1560.